The van der Waals surface area contributed by atoms with Crippen LogP contribution in [0.4, 0.5) is 5.69 Å². The summed E-state index contributed by atoms with van der Waals surface area (Å²) in [6.45, 7) is 14.4. The van der Waals surface area contributed by atoms with Gasteiger partial charge >= 0.3 is 0 Å². The molecule has 0 atom stereocenters. The molecule has 0 spiro atoms. The van der Waals surface area contributed by atoms with E-state index in [2.05, 4.69) is 70.2 Å². The minimum Gasteiger partial charge on any atom is -0.303 e. The van der Waals surface area contributed by atoms with Gasteiger partial charge in [-0.15, -0.1) is 0 Å². The van der Waals surface area contributed by atoms with Gasteiger partial charge in [0, 0.05) is 12.1 Å². The first-order chi connectivity index (χ1) is 7.69. The fraction of sp³-hybridized carbons (Fsp3) is 0.600. The van der Waals surface area contributed by atoms with Gasteiger partial charge in [-0.25, -0.2) is 5.43 Å². The van der Waals surface area contributed by atoms with Crippen LogP contribution in [0, 0.1) is 0 Å². The van der Waals surface area contributed by atoms with Crippen LogP contribution >= 0.6 is 0 Å². The average Bonchev–Trinajstić information content (AvgIpc) is 2.57. The summed E-state index contributed by atoms with van der Waals surface area (Å²) in [6, 6.07) is 6.85. The molecule has 2 nitrogen and oxygen atoms in total. The number of hydrogen-bond acceptors (Lipinski definition) is 2. The van der Waals surface area contributed by atoms with E-state index in [4.69, 9.17) is 0 Å². The average molecular weight is 232 g/mol. The third-order valence-corrected chi connectivity index (χ3v) is 3.29. The van der Waals surface area contributed by atoms with Gasteiger partial charge in [0.1, 0.15) is 0 Å². The van der Waals surface area contributed by atoms with Crippen molar-refractivity contribution in [3.63, 3.8) is 0 Å². The predicted molar refractivity (Wildman–Crippen MR) is 74.2 cm³/mol. The number of anilines is 1. The molecule has 2 heteroatoms. The maximum absolute atomic E-state index is 3.47. The van der Waals surface area contributed by atoms with E-state index in [0.29, 0.717) is 0 Å². The fourth-order valence-corrected chi connectivity index (χ4v) is 2.24. The lowest BCUT2D eigenvalue weighted by molar-refractivity contribution is 0.457. The minimum absolute atomic E-state index is 0.113. The highest BCUT2D eigenvalue weighted by Gasteiger charge is 2.29. The van der Waals surface area contributed by atoms with Crippen molar-refractivity contribution in [3.05, 3.63) is 29.3 Å². The molecule has 17 heavy (non-hydrogen) atoms. The molecule has 0 bridgehead atoms. The van der Waals surface area contributed by atoms with Crippen LogP contribution in [-0.2, 0) is 12.0 Å². The zero-order valence-corrected chi connectivity index (χ0v) is 11.9. The summed E-state index contributed by atoms with van der Waals surface area (Å²) < 4.78 is 0. The van der Waals surface area contributed by atoms with E-state index in [0.717, 1.165) is 6.54 Å². The number of hydrogen-bond donors (Lipinski definition) is 1. The molecule has 0 unspecified atom stereocenters. The summed E-state index contributed by atoms with van der Waals surface area (Å²) in [5.74, 6) is 0. The Hall–Kier alpha value is -1.02. The molecule has 0 amide bonds. The van der Waals surface area contributed by atoms with E-state index in [1.165, 1.54) is 16.8 Å². The standard InChI is InChI=1S/C15H24N2/c1-14(2,3)12-8-7-11-10-16-17(13(11)9-12)15(4,5)6/h7-9,16H,10H2,1-6H3. The first-order valence-corrected chi connectivity index (χ1v) is 6.37. The molecule has 0 fully saturated rings. The highest BCUT2D eigenvalue weighted by molar-refractivity contribution is 5.60. The molecule has 1 heterocycles. The lowest BCUT2D eigenvalue weighted by atomic mass is 9.86. The van der Waals surface area contributed by atoms with Crippen molar-refractivity contribution in [3.8, 4) is 0 Å². The summed E-state index contributed by atoms with van der Waals surface area (Å²) >= 11 is 0. The van der Waals surface area contributed by atoms with Crippen molar-refractivity contribution in [2.75, 3.05) is 5.01 Å². The largest absolute Gasteiger partial charge is 0.303 e. The molecule has 0 saturated heterocycles. The highest BCUT2D eigenvalue weighted by Crippen LogP contribution is 2.34. The number of benzene rings is 1. The van der Waals surface area contributed by atoms with E-state index in [1.54, 1.807) is 0 Å². The van der Waals surface area contributed by atoms with Gasteiger partial charge < -0.3 is 5.01 Å². The Kier molecular flexibility index (Phi) is 2.74. The van der Waals surface area contributed by atoms with Gasteiger partial charge in [0.25, 0.3) is 0 Å². The Labute approximate surface area is 105 Å². The lowest BCUT2D eigenvalue weighted by Crippen LogP contribution is -2.47. The Morgan fingerprint density at radius 1 is 1.06 bits per heavy atom. The second-order valence-corrected chi connectivity index (χ2v) is 6.93. The normalized spacial score (nSPS) is 16.2. The zero-order chi connectivity index (χ0) is 12.8. The molecule has 0 saturated carbocycles. The second kappa shape index (κ2) is 3.74. The van der Waals surface area contributed by atoms with Gasteiger partial charge in [-0.05, 0) is 43.4 Å². The number of hydrazine groups is 1. The molecular weight excluding hydrogens is 208 g/mol. The highest BCUT2D eigenvalue weighted by atomic mass is 15.6. The molecular formula is C15H24N2. The molecule has 1 aliphatic heterocycles. The maximum Gasteiger partial charge on any atom is 0.0574 e. The third kappa shape index (κ3) is 2.32. The first-order valence-electron chi connectivity index (χ1n) is 6.37. The van der Waals surface area contributed by atoms with Crippen molar-refractivity contribution in [2.45, 2.75) is 59.0 Å². The number of fused-ring (bicyclic) bond motifs is 1. The molecule has 2 rings (SSSR count). The minimum atomic E-state index is 0.113. The molecule has 1 aromatic rings. The van der Waals surface area contributed by atoms with Gasteiger partial charge in [-0.2, -0.15) is 0 Å². The van der Waals surface area contributed by atoms with Crippen molar-refractivity contribution in [1.82, 2.24) is 5.43 Å². The molecule has 1 aromatic carbocycles. The van der Waals surface area contributed by atoms with Crippen LogP contribution in [-0.4, -0.2) is 5.54 Å². The fourth-order valence-electron chi connectivity index (χ4n) is 2.24. The number of nitrogens with one attached hydrogen (secondary N) is 1. The summed E-state index contributed by atoms with van der Waals surface area (Å²) in [6.07, 6.45) is 0. The smallest absolute Gasteiger partial charge is 0.0574 e. The van der Waals surface area contributed by atoms with Crippen molar-refractivity contribution in [2.24, 2.45) is 0 Å². The van der Waals surface area contributed by atoms with E-state index < -0.39 is 0 Å². The van der Waals surface area contributed by atoms with E-state index in [1.807, 2.05) is 0 Å². The monoisotopic (exact) mass is 232 g/mol. The van der Waals surface area contributed by atoms with Crippen LogP contribution in [0.25, 0.3) is 0 Å². The van der Waals surface area contributed by atoms with Crippen LogP contribution in [0.1, 0.15) is 52.7 Å². The summed E-state index contributed by atoms with van der Waals surface area (Å²) in [5.41, 5.74) is 7.93. The van der Waals surface area contributed by atoms with Crippen LogP contribution in [0.2, 0.25) is 0 Å². The number of rotatable bonds is 0. The van der Waals surface area contributed by atoms with E-state index in [9.17, 15) is 0 Å². The van der Waals surface area contributed by atoms with Gasteiger partial charge in [0.05, 0.1) is 5.69 Å². The van der Waals surface area contributed by atoms with Gasteiger partial charge in [-0.3, -0.25) is 0 Å². The first kappa shape index (κ1) is 12.4. The molecule has 94 valence electrons. The molecule has 0 radical (unpaired) electrons. The molecule has 0 aromatic heterocycles. The molecule has 0 aliphatic carbocycles. The zero-order valence-electron chi connectivity index (χ0n) is 11.9. The third-order valence-electron chi connectivity index (χ3n) is 3.29. The summed E-state index contributed by atoms with van der Waals surface area (Å²) in [7, 11) is 0. The quantitative estimate of drug-likeness (QED) is 0.735. The molecule has 1 N–H and O–H groups in total. The van der Waals surface area contributed by atoms with Gasteiger partial charge in [-0.1, -0.05) is 32.9 Å². The predicted octanol–water partition coefficient (Wildman–Crippen LogP) is 3.61. The Bertz CT molecular complexity index is 422. The Morgan fingerprint density at radius 2 is 1.71 bits per heavy atom. The molecule has 1 aliphatic rings. The Morgan fingerprint density at radius 3 is 2.24 bits per heavy atom. The SMILES string of the molecule is CC(C)(C)c1ccc2c(c1)N(C(C)(C)C)NC2. The second-order valence-electron chi connectivity index (χ2n) is 6.93. The topological polar surface area (TPSA) is 15.3 Å². The van der Waals surface area contributed by atoms with Crippen LogP contribution in [0.5, 0.6) is 0 Å². The number of nitrogens with zero attached hydrogens (tertiary/aromatic N) is 1. The van der Waals surface area contributed by atoms with Crippen LogP contribution in [0.15, 0.2) is 18.2 Å². The summed E-state index contributed by atoms with van der Waals surface area (Å²) in [4.78, 5) is 0. The van der Waals surface area contributed by atoms with Crippen molar-refractivity contribution in [1.29, 1.82) is 0 Å². The van der Waals surface area contributed by atoms with Crippen LogP contribution < -0.4 is 10.4 Å². The van der Waals surface area contributed by atoms with Gasteiger partial charge in [0.2, 0.25) is 0 Å². The van der Waals surface area contributed by atoms with Crippen molar-refractivity contribution >= 4 is 5.69 Å². The van der Waals surface area contributed by atoms with E-state index >= 15 is 0 Å². The lowest BCUT2D eigenvalue weighted by Gasteiger charge is -2.34. The van der Waals surface area contributed by atoms with E-state index in [-0.39, 0.29) is 11.0 Å². The summed E-state index contributed by atoms with van der Waals surface area (Å²) in [5, 5.41) is 2.29. The van der Waals surface area contributed by atoms with Crippen molar-refractivity contribution < 1.29 is 0 Å². The maximum atomic E-state index is 3.47. The Balaban J connectivity index is 2.45. The van der Waals surface area contributed by atoms with Gasteiger partial charge in [0.15, 0.2) is 0 Å². The van der Waals surface area contributed by atoms with Crippen LogP contribution in [0.3, 0.4) is 0 Å².